The molecule has 118 valence electrons. The third-order valence-electron chi connectivity index (χ3n) is 4.31. The largest absolute Gasteiger partial charge is 0.465 e. The lowest BCUT2D eigenvalue weighted by molar-refractivity contribution is 0.124. The van der Waals surface area contributed by atoms with E-state index in [0.29, 0.717) is 13.1 Å². The van der Waals surface area contributed by atoms with Gasteiger partial charge in [0.05, 0.1) is 17.9 Å². The standard InChI is InChI=1S/C15H16N6O2/c22-15(23)20-5-2-12(3-6-20)21-9-11(8-17-21)13-7-10-1-4-16-14(10)19-18-13/h1,4,7-9,12H,2-3,5-6H2,(H,16,19)(H,22,23). The van der Waals surface area contributed by atoms with E-state index in [2.05, 4.69) is 20.3 Å². The topological polar surface area (TPSA) is 99.9 Å². The van der Waals surface area contributed by atoms with E-state index in [1.165, 1.54) is 4.90 Å². The highest BCUT2D eigenvalue weighted by Gasteiger charge is 2.24. The fourth-order valence-corrected chi connectivity index (χ4v) is 2.99. The van der Waals surface area contributed by atoms with E-state index in [9.17, 15) is 4.79 Å². The summed E-state index contributed by atoms with van der Waals surface area (Å²) in [6, 6.07) is 4.16. The number of carbonyl (C=O) groups is 1. The first-order valence-corrected chi connectivity index (χ1v) is 7.54. The number of aromatic nitrogens is 5. The molecule has 0 aromatic carbocycles. The van der Waals surface area contributed by atoms with Crippen molar-refractivity contribution in [3.63, 3.8) is 0 Å². The van der Waals surface area contributed by atoms with Crippen molar-refractivity contribution in [2.24, 2.45) is 0 Å². The monoisotopic (exact) mass is 312 g/mol. The average molecular weight is 312 g/mol. The zero-order valence-corrected chi connectivity index (χ0v) is 12.4. The van der Waals surface area contributed by atoms with Crippen LogP contribution in [-0.4, -0.2) is 54.2 Å². The van der Waals surface area contributed by atoms with E-state index in [-0.39, 0.29) is 6.04 Å². The molecule has 0 atom stereocenters. The average Bonchev–Trinajstić information content (AvgIpc) is 3.23. The van der Waals surface area contributed by atoms with Crippen LogP contribution >= 0.6 is 0 Å². The van der Waals surface area contributed by atoms with Crippen LogP contribution in [0.25, 0.3) is 22.3 Å². The first kappa shape index (κ1) is 13.7. The van der Waals surface area contributed by atoms with Crippen LogP contribution in [-0.2, 0) is 0 Å². The molecule has 1 saturated heterocycles. The Labute approximate surface area is 131 Å². The van der Waals surface area contributed by atoms with E-state index < -0.39 is 6.09 Å². The van der Waals surface area contributed by atoms with Crippen molar-refractivity contribution in [2.45, 2.75) is 18.9 Å². The Bertz CT molecular complexity index is 846. The van der Waals surface area contributed by atoms with E-state index in [1.54, 1.807) is 6.20 Å². The van der Waals surface area contributed by atoms with E-state index in [0.717, 1.165) is 35.1 Å². The van der Waals surface area contributed by atoms with Gasteiger partial charge in [-0.3, -0.25) is 4.68 Å². The quantitative estimate of drug-likeness (QED) is 0.755. The van der Waals surface area contributed by atoms with E-state index >= 15 is 0 Å². The van der Waals surface area contributed by atoms with Gasteiger partial charge in [-0.1, -0.05) is 0 Å². The van der Waals surface area contributed by atoms with Crippen molar-refractivity contribution in [3.05, 3.63) is 30.7 Å². The smallest absolute Gasteiger partial charge is 0.407 e. The minimum atomic E-state index is -0.848. The summed E-state index contributed by atoms with van der Waals surface area (Å²) in [5.41, 5.74) is 2.47. The molecular formula is C15H16N6O2. The van der Waals surface area contributed by atoms with Crippen LogP contribution in [0.4, 0.5) is 4.79 Å². The summed E-state index contributed by atoms with van der Waals surface area (Å²) in [6.45, 7) is 1.09. The molecule has 4 heterocycles. The molecule has 8 nitrogen and oxygen atoms in total. The van der Waals surface area contributed by atoms with Crippen molar-refractivity contribution in [1.29, 1.82) is 0 Å². The van der Waals surface area contributed by atoms with Crippen molar-refractivity contribution < 1.29 is 9.90 Å². The zero-order chi connectivity index (χ0) is 15.8. The van der Waals surface area contributed by atoms with Gasteiger partial charge in [0.15, 0.2) is 5.65 Å². The van der Waals surface area contributed by atoms with E-state index in [1.807, 2.05) is 29.2 Å². The number of nitrogens with zero attached hydrogens (tertiary/aromatic N) is 5. The zero-order valence-electron chi connectivity index (χ0n) is 12.4. The maximum atomic E-state index is 11.0. The van der Waals surface area contributed by atoms with Gasteiger partial charge in [0.2, 0.25) is 0 Å². The van der Waals surface area contributed by atoms with Gasteiger partial charge in [-0.05, 0) is 25.0 Å². The molecule has 0 radical (unpaired) electrons. The van der Waals surface area contributed by atoms with Gasteiger partial charge in [0.1, 0.15) is 0 Å². The molecule has 8 heteroatoms. The highest BCUT2D eigenvalue weighted by Crippen LogP contribution is 2.25. The Balaban J connectivity index is 1.53. The van der Waals surface area contributed by atoms with Crippen molar-refractivity contribution in [2.75, 3.05) is 13.1 Å². The van der Waals surface area contributed by atoms with Gasteiger partial charge in [-0.2, -0.15) is 5.10 Å². The minimum absolute atomic E-state index is 0.225. The third kappa shape index (κ3) is 2.52. The van der Waals surface area contributed by atoms with Gasteiger partial charge >= 0.3 is 6.09 Å². The summed E-state index contributed by atoms with van der Waals surface area (Å²) in [5, 5.41) is 22.8. The van der Waals surface area contributed by atoms with Crippen LogP contribution in [0, 0.1) is 0 Å². The number of hydrogen-bond acceptors (Lipinski definition) is 4. The predicted molar refractivity (Wildman–Crippen MR) is 83.0 cm³/mol. The number of H-pyrrole nitrogens is 1. The number of rotatable bonds is 2. The molecule has 1 fully saturated rings. The summed E-state index contributed by atoms with van der Waals surface area (Å²) in [6.07, 6.45) is 6.28. The number of nitrogens with one attached hydrogen (secondary N) is 1. The van der Waals surface area contributed by atoms with Gasteiger partial charge in [-0.25, -0.2) is 4.79 Å². The third-order valence-corrected chi connectivity index (χ3v) is 4.31. The Morgan fingerprint density at radius 1 is 1.30 bits per heavy atom. The van der Waals surface area contributed by atoms with Crippen LogP contribution < -0.4 is 0 Å². The summed E-state index contributed by atoms with van der Waals surface area (Å²) < 4.78 is 1.91. The molecule has 0 spiro atoms. The Morgan fingerprint density at radius 2 is 2.13 bits per heavy atom. The molecule has 3 aromatic heterocycles. The summed E-state index contributed by atoms with van der Waals surface area (Å²) in [7, 11) is 0. The normalized spacial score (nSPS) is 16.1. The number of aromatic amines is 1. The molecular weight excluding hydrogens is 296 g/mol. The van der Waals surface area contributed by atoms with Gasteiger partial charge in [-0.15, -0.1) is 10.2 Å². The van der Waals surface area contributed by atoms with E-state index in [4.69, 9.17) is 5.11 Å². The molecule has 0 aliphatic carbocycles. The number of amides is 1. The van der Waals surface area contributed by atoms with Crippen LogP contribution in [0.15, 0.2) is 30.7 Å². The Hall–Kier alpha value is -2.90. The Kier molecular flexibility index (Phi) is 3.22. The number of piperidine rings is 1. The molecule has 1 aliphatic heterocycles. The lowest BCUT2D eigenvalue weighted by Gasteiger charge is -2.29. The number of likely N-dealkylation sites (tertiary alicyclic amines) is 1. The molecule has 4 rings (SSSR count). The van der Waals surface area contributed by atoms with Crippen molar-refractivity contribution in [1.82, 2.24) is 29.9 Å². The molecule has 1 amide bonds. The predicted octanol–water partition coefficient (Wildman–Crippen LogP) is 2.14. The SMILES string of the molecule is O=C(O)N1CCC(n2cc(-c3cc4cc[nH]c4nn3)cn2)CC1. The molecule has 23 heavy (non-hydrogen) atoms. The lowest BCUT2D eigenvalue weighted by Crippen LogP contribution is -2.38. The summed E-state index contributed by atoms with van der Waals surface area (Å²) >= 11 is 0. The molecule has 2 N–H and O–H groups in total. The van der Waals surface area contributed by atoms with Gasteiger partial charge < -0.3 is 15.0 Å². The number of carboxylic acid groups (broad SMARTS) is 1. The molecule has 1 aliphatic rings. The second-order valence-corrected chi connectivity index (χ2v) is 5.72. The second-order valence-electron chi connectivity index (χ2n) is 5.72. The van der Waals surface area contributed by atoms with Crippen LogP contribution in [0.2, 0.25) is 0 Å². The van der Waals surface area contributed by atoms with Gasteiger partial charge in [0.25, 0.3) is 0 Å². The van der Waals surface area contributed by atoms with Crippen LogP contribution in [0.1, 0.15) is 18.9 Å². The van der Waals surface area contributed by atoms with Gasteiger partial charge in [0, 0.05) is 36.4 Å². The maximum absolute atomic E-state index is 11.0. The minimum Gasteiger partial charge on any atom is -0.465 e. The molecule has 0 bridgehead atoms. The fraction of sp³-hybridized carbons (Fsp3) is 0.333. The second kappa shape index (κ2) is 5.38. The number of hydrogen-bond donors (Lipinski definition) is 2. The maximum Gasteiger partial charge on any atom is 0.407 e. The summed E-state index contributed by atoms with van der Waals surface area (Å²) in [5.74, 6) is 0. The lowest BCUT2D eigenvalue weighted by atomic mass is 10.1. The molecule has 0 unspecified atom stereocenters. The molecule has 3 aromatic rings. The highest BCUT2D eigenvalue weighted by molar-refractivity contribution is 5.79. The molecule has 0 saturated carbocycles. The van der Waals surface area contributed by atoms with Crippen molar-refractivity contribution >= 4 is 17.1 Å². The summed E-state index contributed by atoms with van der Waals surface area (Å²) in [4.78, 5) is 15.4. The first-order valence-electron chi connectivity index (χ1n) is 7.54. The fourth-order valence-electron chi connectivity index (χ4n) is 2.99. The Morgan fingerprint density at radius 3 is 2.91 bits per heavy atom. The van der Waals surface area contributed by atoms with Crippen LogP contribution in [0.5, 0.6) is 0 Å². The first-order chi connectivity index (χ1) is 11.2. The highest BCUT2D eigenvalue weighted by atomic mass is 16.4. The number of fused-ring (bicyclic) bond motifs is 1. The van der Waals surface area contributed by atoms with Crippen LogP contribution in [0.3, 0.4) is 0 Å². The van der Waals surface area contributed by atoms with Crippen molar-refractivity contribution in [3.8, 4) is 11.3 Å².